The third-order valence-corrected chi connectivity index (χ3v) is 6.20. The number of rotatable bonds is 2. The standard InChI is InChI=1S/C26H19ClN4/c1-16-11-12-17-13-14-22-23(20(17)15-16)26-29-24(19-9-5-6-10-21(19)27)30-31(26)25(28-22)18-7-3-2-4-8-18/h2-12,15H,13-14H2,1H3. The second kappa shape index (κ2) is 7.03. The Hall–Kier alpha value is -3.50. The second-order valence-electron chi connectivity index (χ2n) is 7.93. The Morgan fingerprint density at radius 1 is 0.839 bits per heavy atom. The molecule has 2 aromatic heterocycles. The van der Waals surface area contributed by atoms with E-state index in [1.807, 2.05) is 47.0 Å². The summed E-state index contributed by atoms with van der Waals surface area (Å²) in [7, 11) is 0. The zero-order valence-electron chi connectivity index (χ0n) is 17.0. The molecule has 3 aromatic carbocycles. The van der Waals surface area contributed by atoms with Crippen LogP contribution in [-0.4, -0.2) is 19.6 Å². The van der Waals surface area contributed by atoms with Gasteiger partial charge < -0.3 is 0 Å². The van der Waals surface area contributed by atoms with Crippen LogP contribution in [0.4, 0.5) is 0 Å². The summed E-state index contributed by atoms with van der Waals surface area (Å²) in [5, 5.41) is 5.52. The molecule has 31 heavy (non-hydrogen) atoms. The fourth-order valence-corrected chi connectivity index (χ4v) is 4.58. The molecule has 4 nitrogen and oxygen atoms in total. The van der Waals surface area contributed by atoms with Gasteiger partial charge in [-0.15, -0.1) is 5.10 Å². The first-order chi connectivity index (χ1) is 15.2. The quantitative estimate of drug-likeness (QED) is 0.341. The lowest BCUT2D eigenvalue weighted by Gasteiger charge is -2.21. The third-order valence-electron chi connectivity index (χ3n) is 5.87. The number of halogens is 1. The molecule has 0 fully saturated rings. The molecule has 0 bridgehead atoms. The Kier molecular flexibility index (Phi) is 4.15. The average molecular weight is 423 g/mol. The minimum absolute atomic E-state index is 0.609. The van der Waals surface area contributed by atoms with Crippen LogP contribution in [0.15, 0.2) is 72.8 Å². The van der Waals surface area contributed by atoms with E-state index in [2.05, 4.69) is 37.3 Å². The Balaban J connectivity index is 1.71. The molecular weight excluding hydrogens is 404 g/mol. The summed E-state index contributed by atoms with van der Waals surface area (Å²) in [6.07, 6.45) is 1.86. The Morgan fingerprint density at radius 3 is 2.48 bits per heavy atom. The number of fused-ring (bicyclic) bond motifs is 5. The Bertz CT molecular complexity index is 1450. The van der Waals surface area contributed by atoms with Gasteiger partial charge in [-0.1, -0.05) is 77.8 Å². The fourth-order valence-electron chi connectivity index (χ4n) is 4.36. The predicted molar refractivity (Wildman–Crippen MR) is 124 cm³/mol. The van der Waals surface area contributed by atoms with Crippen LogP contribution < -0.4 is 0 Å². The molecule has 1 aliphatic rings. The van der Waals surface area contributed by atoms with E-state index in [4.69, 9.17) is 26.7 Å². The smallest absolute Gasteiger partial charge is 0.183 e. The van der Waals surface area contributed by atoms with E-state index in [0.717, 1.165) is 46.7 Å². The van der Waals surface area contributed by atoms with Crippen molar-refractivity contribution in [2.45, 2.75) is 19.8 Å². The number of aryl methyl sites for hydroxylation is 3. The van der Waals surface area contributed by atoms with Crippen molar-refractivity contribution in [1.82, 2.24) is 19.6 Å². The van der Waals surface area contributed by atoms with Crippen LogP contribution in [0.1, 0.15) is 16.8 Å². The molecule has 2 heterocycles. The van der Waals surface area contributed by atoms with Crippen LogP contribution in [0, 0.1) is 6.92 Å². The normalized spacial score (nSPS) is 12.6. The molecule has 0 unspecified atom stereocenters. The molecule has 6 rings (SSSR count). The lowest BCUT2D eigenvalue weighted by molar-refractivity contribution is 0.857. The molecule has 1 aliphatic carbocycles. The van der Waals surface area contributed by atoms with Crippen LogP contribution in [0.3, 0.4) is 0 Å². The van der Waals surface area contributed by atoms with Crippen molar-refractivity contribution in [1.29, 1.82) is 0 Å². The van der Waals surface area contributed by atoms with Crippen molar-refractivity contribution in [2.24, 2.45) is 0 Å². The molecule has 0 saturated heterocycles. The van der Waals surface area contributed by atoms with Crippen molar-refractivity contribution in [3.05, 3.63) is 94.6 Å². The van der Waals surface area contributed by atoms with E-state index >= 15 is 0 Å². The highest BCUT2D eigenvalue weighted by molar-refractivity contribution is 6.33. The highest BCUT2D eigenvalue weighted by Gasteiger charge is 2.25. The van der Waals surface area contributed by atoms with Crippen molar-refractivity contribution in [3.8, 4) is 33.9 Å². The van der Waals surface area contributed by atoms with Gasteiger partial charge >= 0.3 is 0 Å². The number of hydrogen-bond donors (Lipinski definition) is 0. The zero-order chi connectivity index (χ0) is 20.9. The van der Waals surface area contributed by atoms with Gasteiger partial charge in [-0.2, -0.15) is 4.52 Å². The van der Waals surface area contributed by atoms with Gasteiger partial charge in [0.1, 0.15) is 0 Å². The molecular formula is C26H19ClN4. The molecule has 0 radical (unpaired) electrons. The van der Waals surface area contributed by atoms with Crippen molar-refractivity contribution in [2.75, 3.05) is 0 Å². The van der Waals surface area contributed by atoms with E-state index < -0.39 is 0 Å². The summed E-state index contributed by atoms with van der Waals surface area (Å²) in [5.41, 5.74) is 8.57. The number of nitrogens with zero attached hydrogens (tertiary/aromatic N) is 4. The van der Waals surface area contributed by atoms with Crippen molar-refractivity contribution < 1.29 is 0 Å². The molecule has 0 spiro atoms. The maximum atomic E-state index is 6.48. The summed E-state index contributed by atoms with van der Waals surface area (Å²) in [6.45, 7) is 2.12. The molecule has 5 aromatic rings. The first kappa shape index (κ1) is 18.3. The number of aromatic nitrogens is 4. The minimum atomic E-state index is 0.609. The van der Waals surface area contributed by atoms with Crippen LogP contribution in [-0.2, 0) is 12.8 Å². The first-order valence-corrected chi connectivity index (χ1v) is 10.8. The number of hydrogen-bond acceptors (Lipinski definition) is 3. The summed E-state index contributed by atoms with van der Waals surface area (Å²) < 4.78 is 1.88. The summed E-state index contributed by atoms with van der Waals surface area (Å²) in [5.74, 6) is 1.41. The van der Waals surface area contributed by atoms with Gasteiger partial charge in [-0.3, -0.25) is 0 Å². The highest BCUT2D eigenvalue weighted by Crippen LogP contribution is 2.38. The van der Waals surface area contributed by atoms with E-state index in [-0.39, 0.29) is 0 Å². The van der Waals surface area contributed by atoms with Crippen LogP contribution in [0.5, 0.6) is 0 Å². The SMILES string of the molecule is Cc1ccc2c(c1)-c1c(nc(-c3ccccc3)n3nc(-c4ccccc4Cl)nc13)CC2. The van der Waals surface area contributed by atoms with Gasteiger partial charge in [0.25, 0.3) is 0 Å². The number of benzene rings is 3. The van der Waals surface area contributed by atoms with Gasteiger partial charge in [0.15, 0.2) is 17.3 Å². The van der Waals surface area contributed by atoms with Crippen molar-refractivity contribution in [3.63, 3.8) is 0 Å². The molecule has 0 atom stereocenters. The van der Waals surface area contributed by atoms with E-state index in [9.17, 15) is 0 Å². The predicted octanol–water partition coefficient (Wildman–Crippen LogP) is 6.19. The molecule has 150 valence electrons. The Morgan fingerprint density at radius 2 is 1.65 bits per heavy atom. The fraction of sp³-hybridized carbons (Fsp3) is 0.115. The molecule has 0 saturated carbocycles. The van der Waals surface area contributed by atoms with Gasteiger partial charge in [0.2, 0.25) is 0 Å². The molecule has 0 aliphatic heterocycles. The molecule has 0 amide bonds. The van der Waals surface area contributed by atoms with Crippen LogP contribution in [0.25, 0.3) is 39.5 Å². The Labute approximate surface area is 185 Å². The topological polar surface area (TPSA) is 43.1 Å². The summed E-state index contributed by atoms with van der Waals surface area (Å²) >= 11 is 6.48. The zero-order valence-corrected chi connectivity index (χ0v) is 17.8. The first-order valence-electron chi connectivity index (χ1n) is 10.4. The second-order valence-corrected chi connectivity index (χ2v) is 8.34. The maximum absolute atomic E-state index is 6.48. The van der Waals surface area contributed by atoms with E-state index in [1.165, 1.54) is 16.7 Å². The van der Waals surface area contributed by atoms with Gasteiger partial charge in [-0.05, 0) is 43.0 Å². The summed E-state index contributed by atoms with van der Waals surface area (Å²) in [6, 6.07) is 24.5. The van der Waals surface area contributed by atoms with Gasteiger partial charge in [0, 0.05) is 16.7 Å². The lowest BCUT2D eigenvalue weighted by Crippen LogP contribution is -2.11. The highest BCUT2D eigenvalue weighted by atomic mass is 35.5. The maximum Gasteiger partial charge on any atom is 0.183 e. The van der Waals surface area contributed by atoms with Gasteiger partial charge in [0.05, 0.1) is 10.7 Å². The molecule has 5 heteroatoms. The third kappa shape index (κ3) is 2.94. The minimum Gasteiger partial charge on any atom is -0.232 e. The monoisotopic (exact) mass is 422 g/mol. The van der Waals surface area contributed by atoms with Crippen LogP contribution in [0.2, 0.25) is 5.02 Å². The lowest BCUT2D eigenvalue weighted by atomic mass is 9.88. The summed E-state index contributed by atoms with van der Waals surface area (Å²) in [4.78, 5) is 10.1. The van der Waals surface area contributed by atoms with Gasteiger partial charge in [-0.25, -0.2) is 9.97 Å². The van der Waals surface area contributed by atoms with Crippen molar-refractivity contribution >= 4 is 17.2 Å². The van der Waals surface area contributed by atoms with E-state index in [0.29, 0.717) is 10.8 Å². The van der Waals surface area contributed by atoms with E-state index in [1.54, 1.807) is 0 Å². The van der Waals surface area contributed by atoms with Crippen LogP contribution >= 0.6 is 11.6 Å². The molecule has 0 N–H and O–H groups in total. The largest absolute Gasteiger partial charge is 0.232 e. The average Bonchev–Trinajstić information content (AvgIpc) is 3.24.